The van der Waals surface area contributed by atoms with E-state index in [-0.39, 0.29) is 0 Å². The van der Waals surface area contributed by atoms with E-state index in [9.17, 15) is 0 Å². The zero-order valence-electron chi connectivity index (χ0n) is 37.4. The third-order valence-corrected chi connectivity index (χ3v) is 53.6. The smallest absolute Gasteiger partial charge is 0.162 e. The summed E-state index contributed by atoms with van der Waals surface area (Å²) in [5, 5.41) is 0. The molecule has 322 valence electrons. The zero-order valence-corrected chi connectivity index (χ0v) is 51.5. The van der Waals surface area contributed by atoms with E-state index < -0.39 is 64.3 Å². The van der Waals surface area contributed by atoms with Gasteiger partial charge in [-0.15, -0.1) is 45.3 Å². The highest BCUT2D eigenvalue weighted by Crippen LogP contribution is 2.72. The second-order valence-corrected chi connectivity index (χ2v) is 57.7. The summed E-state index contributed by atoms with van der Waals surface area (Å²) in [5.74, 6) is 0. The maximum Gasteiger partial charge on any atom is 0.162 e. The fourth-order valence-corrected chi connectivity index (χ4v) is 64.9. The molecule has 4 aromatic heterocycles. The number of aromatic nitrogens is 4. The van der Waals surface area contributed by atoms with E-state index in [0.29, 0.717) is 0 Å². The monoisotopic (exact) mass is 1070 g/mol. The van der Waals surface area contributed by atoms with E-state index in [1.54, 1.807) is 40.2 Å². The van der Waals surface area contributed by atoms with Crippen LogP contribution in [0.2, 0.25) is 78.6 Å². The highest BCUT2D eigenvalue weighted by molar-refractivity contribution is 8.44. The standard InChI is InChI=1S/C36H64N6P4S8Si4/c1-17-21-37-25-31(53-33(37)47)45(27-29(51-35(49)39(27)23-19-3)43(25)41(55(5,6)7)56(8,9)10)46-28-30(52-36(50)40(28)24-20-4)44(42(57(11,12)13)58(14,15)16)26-32(46)54-34(48)38(26)22-18-2/h17-24H2,1-16H3. The molecule has 4 unspecified atom stereocenters. The summed E-state index contributed by atoms with van der Waals surface area (Å²) in [6.07, 6.45) is 4.24. The summed E-state index contributed by atoms with van der Waals surface area (Å²) in [6.45, 7) is 44.1. The SMILES string of the molecule is CCCn1c2c(sc1=S)P(P1c3sc(=S)n(CCC)c3P(N([Si](C)(C)C)[Si](C)(C)C)c3sc(=S)n(CCC)c31)c1c(sc(=S)n1CCC)P2N([Si](C)(C)C)[Si](C)(C)C. The van der Waals surface area contributed by atoms with Crippen LogP contribution in [-0.4, -0.2) is 59.2 Å². The van der Waals surface area contributed by atoms with Crippen LogP contribution in [0.3, 0.4) is 0 Å². The Morgan fingerprint density at radius 2 is 0.621 bits per heavy atom. The Morgan fingerprint density at radius 3 is 0.845 bits per heavy atom. The Balaban J connectivity index is 1.86. The lowest BCUT2D eigenvalue weighted by molar-refractivity contribution is 0.692. The van der Waals surface area contributed by atoms with Gasteiger partial charge >= 0.3 is 0 Å². The molecule has 6 rings (SSSR count). The number of nitrogens with zero attached hydrogens (tertiary/aromatic N) is 6. The normalized spacial score (nSPS) is 19.8. The first kappa shape index (κ1) is 49.3. The minimum Gasteiger partial charge on any atom is -0.322 e. The molecule has 0 radical (unpaired) electrons. The number of rotatable bonds is 15. The highest BCUT2D eigenvalue weighted by Gasteiger charge is 2.56. The van der Waals surface area contributed by atoms with Crippen molar-refractivity contribution in [3.63, 3.8) is 0 Å². The van der Waals surface area contributed by atoms with Crippen LogP contribution in [0.15, 0.2) is 0 Å². The van der Waals surface area contributed by atoms with Gasteiger partial charge in [0.05, 0.1) is 40.2 Å². The van der Waals surface area contributed by atoms with Crippen LogP contribution < -0.4 is 40.2 Å². The Bertz CT molecular complexity index is 2220. The van der Waals surface area contributed by atoms with Crippen LogP contribution in [0.25, 0.3) is 0 Å². The van der Waals surface area contributed by atoms with E-state index >= 15 is 0 Å². The molecular formula is C36H64N6P4S8Si4. The maximum atomic E-state index is 6.54. The van der Waals surface area contributed by atoms with Gasteiger partial charge in [-0.2, -0.15) is 0 Å². The summed E-state index contributed by atoms with van der Waals surface area (Å²) in [6, 6.07) is 0. The van der Waals surface area contributed by atoms with Crippen molar-refractivity contribution in [2.24, 2.45) is 0 Å². The fraction of sp³-hybridized carbons (Fsp3) is 0.667. The van der Waals surface area contributed by atoms with Gasteiger partial charge in [0.2, 0.25) is 0 Å². The predicted molar refractivity (Wildman–Crippen MR) is 296 cm³/mol. The van der Waals surface area contributed by atoms with Gasteiger partial charge in [-0.05, 0) is 74.6 Å². The average molecular weight is 1070 g/mol. The van der Waals surface area contributed by atoms with Crippen LogP contribution in [0, 0.1) is 15.8 Å². The molecule has 6 heterocycles. The first-order valence-electron chi connectivity index (χ1n) is 20.6. The molecule has 2 aliphatic rings. The third-order valence-electron chi connectivity index (χ3n) is 9.91. The van der Waals surface area contributed by atoms with Gasteiger partial charge < -0.3 is 26.3 Å². The zero-order chi connectivity index (χ0) is 43.2. The molecule has 4 atom stereocenters. The molecule has 0 spiro atoms. The Labute approximate surface area is 394 Å². The molecular weight excluding hydrogens is 1010 g/mol. The molecule has 0 amide bonds. The van der Waals surface area contributed by atoms with Crippen molar-refractivity contribution in [2.45, 2.75) is 158 Å². The molecule has 0 aromatic carbocycles. The predicted octanol–water partition coefficient (Wildman–Crippen LogP) is 12.4. The maximum absolute atomic E-state index is 6.54. The van der Waals surface area contributed by atoms with E-state index in [1.165, 1.54) is 0 Å². The summed E-state index contributed by atoms with van der Waals surface area (Å²) in [7, 11) is -10.9. The summed E-state index contributed by atoms with van der Waals surface area (Å²) in [5.41, 5.74) is 6.25. The molecule has 0 saturated carbocycles. The number of hydrogen-bond acceptors (Lipinski definition) is 10. The first-order valence-corrected chi connectivity index (χ1v) is 45.3. The molecule has 0 bridgehead atoms. The number of fused-ring (bicyclic) bond motifs is 4. The number of hydrogen-bond donors (Lipinski definition) is 0. The van der Waals surface area contributed by atoms with Crippen LogP contribution in [0.5, 0.6) is 0 Å². The average Bonchev–Trinajstić information content (AvgIpc) is 3.78. The fourth-order valence-electron chi connectivity index (χ4n) is 8.94. The molecule has 0 N–H and O–H groups in total. The minimum atomic E-state index is -1.84. The van der Waals surface area contributed by atoms with Crippen molar-refractivity contribution in [3.05, 3.63) is 15.8 Å². The van der Waals surface area contributed by atoms with E-state index in [4.69, 9.17) is 48.9 Å². The lowest BCUT2D eigenvalue weighted by atomic mass is 10.5. The van der Waals surface area contributed by atoms with Crippen LogP contribution in [0.1, 0.15) is 53.4 Å². The van der Waals surface area contributed by atoms with Gasteiger partial charge in [0.25, 0.3) is 0 Å². The quantitative estimate of drug-likeness (QED) is 0.0669. The molecule has 0 aliphatic carbocycles. The summed E-state index contributed by atoms with van der Waals surface area (Å²) < 4.78 is 27.3. The van der Waals surface area contributed by atoms with Gasteiger partial charge in [-0.3, -0.25) is 0 Å². The summed E-state index contributed by atoms with van der Waals surface area (Å²) in [4.78, 5) is 0. The van der Waals surface area contributed by atoms with Crippen molar-refractivity contribution in [3.8, 4) is 0 Å². The van der Waals surface area contributed by atoms with Crippen molar-refractivity contribution >= 4 is 199 Å². The van der Waals surface area contributed by atoms with Gasteiger partial charge in [-0.1, -0.05) is 106 Å². The Kier molecular flexibility index (Phi) is 15.6. The molecule has 6 nitrogen and oxygen atoms in total. The lowest BCUT2D eigenvalue weighted by Crippen LogP contribution is -2.62. The lowest BCUT2D eigenvalue weighted by Gasteiger charge is -2.51. The third kappa shape index (κ3) is 8.81. The minimum absolute atomic E-state index is 0.828. The van der Waals surface area contributed by atoms with Crippen LogP contribution >= 0.6 is 126 Å². The molecule has 4 aromatic rings. The second-order valence-electron chi connectivity index (χ2n) is 19.1. The molecule has 0 fully saturated rings. The molecule has 0 saturated heterocycles. The van der Waals surface area contributed by atoms with Crippen LogP contribution in [0.4, 0.5) is 0 Å². The van der Waals surface area contributed by atoms with Crippen molar-refractivity contribution in [1.82, 2.24) is 26.3 Å². The van der Waals surface area contributed by atoms with E-state index in [1.807, 2.05) is 45.3 Å². The molecule has 2 aliphatic heterocycles. The van der Waals surface area contributed by atoms with Crippen LogP contribution in [-0.2, 0) is 26.2 Å². The van der Waals surface area contributed by atoms with Gasteiger partial charge in [0.1, 0.15) is 32.9 Å². The van der Waals surface area contributed by atoms with Gasteiger partial charge in [0.15, 0.2) is 15.8 Å². The van der Waals surface area contributed by atoms with Crippen molar-refractivity contribution in [1.29, 1.82) is 0 Å². The van der Waals surface area contributed by atoms with Crippen molar-refractivity contribution in [2.75, 3.05) is 0 Å². The Morgan fingerprint density at radius 1 is 0.397 bits per heavy atom. The molecule has 58 heavy (non-hydrogen) atoms. The van der Waals surface area contributed by atoms with E-state index in [0.717, 1.165) is 67.7 Å². The Hall–Kier alpha value is 1.91. The second kappa shape index (κ2) is 18.3. The first-order chi connectivity index (χ1) is 26.9. The highest BCUT2D eigenvalue weighted by atomic mass is 32.2. The number of thiazole rings is 4. The van der Waals surface area contributed by atoms with Gasteiger partial charge in [0, 0.05) is 57.5 Å². The largest absolute Gasteiger partial charge is 0.322 e. The summed E-state index contributed by atoms with van der Waals surface area (Å²) >= 11 is 34.0. The van der Waals surface area contributed by atoms with Gasteiger partial charge in [-0.25, -0.2) is 0 Å². The van der Waals surface area contributed by atoms with Crippen molar-refractivity contribution < 1.29 is 0 Å². The van der Waals surface area contributed by atoms with E-state index in [2.05, 4.69) is 133 Å². The topological polar surface area (TPSA) is 26.2 Å². The molecule has 22 heteroatoms.